The van der Waals surface area contributed by atoms with Crippen LogP contribution in [0.5, 0.6) is 0 Å². The minimum atomic E-state index is -0.0586. The van der Waals surface area contributed by atoms with Gasteiger partial charge in [-0.2, -0.15) is 0 Å². The molecule has 0 bridgehead atoms. The van der Waals surface area contributed by atoms with Gasteiger partial charge < -0.3 is 9.64 Å². The molecule has 0 heterocycles. The Hall–Kier alpha value is -1.09. The zero-order valence-electron chi connectivity index (χ0n) is 13.2. The van der Waals surface area contributed by atoms with Crippen molar-refractivity contribution in [2.75, 3.05) is 26.2 Å². The van der Waals surface area contributed by atoms with Crippen LogP contribution in [0, 0.1) is 11.8 Å². The lowest BCUT2D eigenvalue weighted by Gasteiger charge is -2.22. The summed E-state index contributed by atoms with van der Waals surface area (Å²) in [6, 6.07) is 0. The van der Waals surface area contributed by atoms with Crippen molar-refractivity contribution in [2.24, 2.45) is 11.8 Å². The Bertz CT molecular complexity index is 345. The molecule has 0 amide bonds. The molecule has 0 aromatic carbocycles. The Morgan fingerprint density at radius 2 is 2.15 bits per heavy atom. The van der Waals surface area contributed by atoms with Crippen LogP contribution in [0.4, 0.5) is 0 Å². The molecule has 1 rings (SSSR count). The molecule has 20 heavy (non-hydrogen) atoms. The Morgan fingerprint density at radius 3 is 2.65 bits per heavy atom. The van der Waals surface area contributed by atoms with Gasteiger partial charge in [0.05, 0.1) is 5.92 Å². The fourth-order valence-corrected chi connectivity index (χ4v) is 2.70. The Balaban J connectivity index is 2.46. The molecule has 2 atom stereocenters. The van der Waals surface area contributed by atoms with E-state index < -0.39 is 0 Å². The molecular formula is C17H29NO2. The fourth-order valence-electron chi connectivity index (χ4n) is 2.70. The summed E-state index contributed by atoms with van der Waals surface area (Å²) in [5.41, 5.74) is 1.05. The zero-order chi connectivity index (χ0) is 15.0. The first-order valence-electron chi connectivity index (χ1n) is 7.78. The largest absolute Gasteiger partial charge is 0.464 e. The molecule has 0 spiro atoms. The number of carbonyl (C=O) groups is 1. The van der Waals surface area contributed by atoms with Crippen LogP contribution in [0.25, 0.3) is 0 Å². The van der Waals surface area contributed by atoms with Crippen LogP contribution < -0.4 is 0 Å². The zero-order valence-corrected chi connectivity index (χ0v) is 13.2. The standard InChI is InChI=1S/C17H29NO2/c1-5-18(6-2)11-12-20-17(19)16(13-14(3)4)15-9-7-8-10-15/h7,9,15-16H,3,5-6,8,10-13H2,1-2,4H3. The maximum absolute atomic E-state index is 12.3. The lowest BCUT2D eigenvalue weighted by atomic mass is 9.87. The molecule has 1 aliphatic rings. The molecule has 0 aromatic heterocycles. The average Bonchev–Trinajstić information content (AvgIpc) is 2.94. The Kier molecular flexibility index (Phi) is 7.60. The molecule has 3 nitrogen and oxygen atoms in total. The van der Waals surface area contributed by atoms with E-state index >= 15 is 0 Å². The van der Waals surface area contributed by atoms with E-state index in [0.717, 1.165) is 44.5 Å². The van der Waals surface area contributed by atoms with Gasteiger partial charge in [0.25, 0.3) is 0 Å². The molecule has 0 radical (unpaired) electrons. The average molecular weight is 279 g/mol. The number of carbonyl (C=O) groups excluding carboxylic acids is 1. The molecule has 114 valence electrons. The van der Waals surface area contributed by atoms with Gasteiger partial charge in [-0.15, -0.1) is 6.58 Å². The second-order valence-electron chi connectivity index (χ2n) is 5.63. The third-order valence-corrected chi connectivity index (χ3v) is 3.98. The summed E-state index contributed by atoms with van der Waals surface area (Å²) >= 11 is 0. The predicted octanol–water partition coefficient (Wildman–Crippen LogP) is 3.42. The highest BCUT2D eigenvalue weighted by Crippen LogP contribution is 2.30. The summed E-state index contributed by atoms with van der Waals surface area (Å²) in [5.74, 6) is 0.215. The number of allylic oxidation sites excluding steroid dienone is 3. The Morgan fingerprint density at radius 1 is 1.45 bits per heavy atom. The number of ether oxygens (including phenoxy) is 1. The monoisotopic (exact) mass is 279 g/mol. The van der Waals surface area contributed by atoms with E-state index in [-0.39, 0.29) is 11.9 Å². The van der Waals surface area contributed by atoms with Gasteiger partial charge in [0.15, 0.2) is 0 Å². The number of rotatable bonds is 9. The van der Waals surface area contributed by atoms with Crippen molar-refractivity contribution in [2.45, 2.75) is 40.0 Å². The Labute approximate surface area is 123 Å². The normalized spacial score (nSPS) is 19.3. The van der Waals surface area contributed by atoms with Crippen LogP contribution in [0.3, 0.4) is 0 Å². The van der Waals surface area contributed by atoms with Gasteiger partial charge in [0.1, 0.15) is 6.61 Å². The number of nitrogens with zero attached hydrogens (tertiary/aromatic N) is 1. The van der Waals surface area contributed by atoms with Gasteiger partial charge in [-0.05, 0) is 45.2 Å². The third kappa shape index (κ3) is 5.49. The maximum atomic E-state index is 12.3. The van der Waals surface area contributed by atoms with Crippen molar-refractivity contribution in [3.05, 3.63) is 24.3 Å². The van der Waals surface area contributed by atoms with E-state index in [1.165, 1.54) is 0 Å². The summed E-state index contributed by atoms with van der Waals surface area (Å²) < 4.78 is 5.50. The second-order valence-corrected chi connectivity index (χ2v) is 5.63. The van der Waals surface area contributed by atoms with E-state index in [1.54, 1.807) is 0 Å². The van der Waals surface area contributed by atoms with Crippen LogP contribution in [0.2, 0.25) is 0 Å². The summed E-state index contributed by atoms with van der Waals surface area (Å²) in [6.07, 6.45) is 7.20. The maximum Gasteiger partial charge on any atom is 0.309 e. The fraction of sp³-hybridized carbons (Fsp3) is 0.706. The molecule has 3 heteroatoms. The van der Waals surface area contributed by atoms with Crippen molar-refractivity contribution in [1.29, 1.82) is 0 Å². The highest BCUT2D eigenvalue weighted by atomic mass is 16.5. The summed E-state index contributed by atoms with van der Waals surface area (Å²) in [4.78, 5) is 14.6. The third-order valence-electron chi connectivity index (χ3n) is 3.98. The first-order chi connectivity index (χ1) is 9.58. The quantitative estimate of drug-likeness (QED) is 0.478. The summed E-state index contributed by atoms with van der Waals surface area (Å²) in [6.45, 7) is 13.5. The van der Waals surface area contributed by atoms with Crippen LogP contribution >= 0.6 is 0 Å². The van der Waals surface area contributed by atoms with E-state index in [2.05, 4.69) is 37.5 Å². The molecule has 0 aromatic rings. The lowest BCUT2D eigenvalue weighted by molar-refractivity contribution is -0.150. The molecule has 0 saturated carbocycles. The minimum absolute atomic E-state index is 0.0528. The molecule has 1 aliphatic carbocycles. The van der Waals surface area contributed by atoms with Gasteiger partial charge in [0, 0.05) is 6.54 Å². The van der Waals surface area contributed by atoms with Gasteiger partial charge in [0.2, 0.25) is 0 Å². The topological polar surface area (TPSA) is 29.5 Å². The number of esters is 1. The SMILES string of the molecule is C=C(C)CC(C(=O)OCCN(CC)CC)C1C=CCC1. The molecule has 2 unspecified atom stereocenters. The van der Waals surface area contributed by atoms with Crippen LogP contribution in [-0.4, -0.2) is 37.1 Å². The van der Waals surface area contributed by atoms with Crippen molar-refractivity contribution in [1.82, 2.24) is 4.90 Å². The predicted molar refractivity (Wildman–Crippen MR) is 83.5 cm³/mol. The molecule has 0 N–H and O–H groups in total. The van der Waals surface area contributed by atoms with Crippen molar-refractivity contribution in [3.8, 4) is 0 Å². The summed E-state index contributed by atoms with van der Waals surface area (Å²) in [7, 11) is 0. The van der Waals surface area contributed by atoms with Crippen LogP contribution in [-0.2, 0) is 9.53 Å². The lowest BCUT2D eigenvalue weighted by Crippen LogP contribution is -2.30. The molecular weight excluding hydrogens is 250 g/mol. The van der Waals surface area contributed by atoms with Crippen LogP contribution in [0.1, 0.15) is 40.0 Å². The van der Waals surface area contributed by atoms with Crippen LogP contribution in [0.15, 0.2) is 24.3 Å². The second kappa shape index (κ2) is 8.96. The van der Waals surface area contributed by atoms with E-state index in [4.69, 9.17) is 4.74 Å². The smallest absolute Gasteiger partial charge is 0.309 e. The van der Waals surface area contributed by atoms with Gasteiger partial charge >= 0.3 is 5.97 Å². The van der Waals surface area contributed by atoms with E-state index in [1.807, 2.05) is 6.92 Å². The van der Waals surface area contributed by atoms with Gasteiger partial charge in [-0.25, -0.2) is 0 Å². The van der Waals surface area contributed by atoms with Crippen molar-refractivity contribution < 1.29 is 9.53 Å². The number of hydrogen-bond acceptors (Lipinski definition) is 3. The number of hydrogen-bond donors (Lipinski definition) is 0. The molecule has 0 saturated heterocycles. The van der Waals surface area contributed by atoms with Crippen molar-refractivity contribution in [3.63, 3.8) is 0 Å². The first kappa shape index (κ1) is 17.0. The van der Waals surface area contributed by atoms with Crippen molar-refractivity contribution >= 4 is 5.97 Å². The summed E-state index contributed by atoms with van der Waals surface area (Å²) in [5, 5.41) is 0. The first-order valence-corrected chi connectivity index (χ1v) is 7.78. The highest BCUT2D eigenvalue weighted by Gasteiger charge is 2.29. The van der Waals surface area contributed by atoms with Gasteiger partial charge in [-0.3, -0.25) is 4.79 Å². The highest BCUT2D eigenvalue weighted by molar-refractivity contribution is 5.73. The van der Waals surface area contributed by atoms with E-state index in [9.17, 15) is 4.79 Å². The number of likely N-dealkylation sites (N-methyl/N-ethyl adjacent to an activating group) is 1. The molecule has 0 fully saturated rings. The van der Waals surface area contributed by atoms with E-state index in [0.29, 0.717) is 12.5 Å². The minimum Gasteiger partial charge on any atom is -0.464 e. The van der Waals surface area contributed by atoms with Gasteiger partial charge in [-0.1, -0.05) is 31.6 Å². The molecule has 0 aliphatic heterocycles.